The molecule has 0 fully saturated rings. The van der Waals surface area contributed by atoms with Crippen molar-refractivity contribution >= 4 is 15.7 Å². The number of hydrogen-bond donors (Lipinski definition) is 1. The van der Waals surface area contributed by atoms with Crippen molar-refractivity contribution in [2.24, 2.45) is 5.73 Å². The Balaban J connectivity index is 3.20. The van der Waals surface area contributed by atoms with Crippen molar-refractivity contribution in [3.05, 3.63) is 29.8 Å². The third-order valence-corrected chi connectivity index (χ3v) is 5.47. The van der Waals surface area contributed by atoms with E-state index >= 15 is 0 Å². The summed E-state index contributed by atoms with van der Waals surface area (Å²) in [4.78, 5) is 0. The number of sulfonamides is 1. The molecule has 0 bridgehead atoms. The Hall–Kier alpha value is -1.07. The van der Waals surface area contributed by atoms with Crippen molar-refractivity contribution in [3.63, 3.8) is 0 Å². The Morgan fingerprint density at radius 3 is 2.05 bits per heavy atom. The van der Waals surface area contributed by atoms with Crippen LogP contribution in [0.4, 0.5) is 5.69 Å². The molecular weight excluding hydrogens is 260 g/mol. The molecule has 2 N–H and O–H groups in total. The predicted octanol–water partition coefficient (Wildman–Crippen LogP) is 2.49. The Labute approximate surface area is 116 Å². The summed E-state index contributed by atoms with van der Waals surface area (Å²) in [5.41, 5.74) is 7.25. The maximum Gasteiger partial charge on any atom is 0.240 e. The summed E-state index contributed by atoms with van der Waals surface area (Å²) in [6.07, 6.45) is 0.772. The van der Waals surface area contributed by atoms with Crippen molar-refractivity contribution in [2.45, 2.75) is 45.4 Å². The van der Waals surface area contributed by atoms with Crippen LogP contribution in [0.5, 0.6) is 0 Å². The van der Waals surface area contributed by atoms with Gasteiger partial charge in [-0.3, -0.25) is 4.31 Å². The third-order valence-electron chi connectivity index (χ3n) is 2.95. The summed E-state index contributed by atoms with van der Waals surface area (Å²) in [7, 11) is -3.37. The van der Waals surface area contributed by atoms with E-state index in [1.54, 1.807) is 20.8 Å². The maximum absolute atomic E-state index is 12.6. The molecule has 1 aromatic rings. The Bertz CT molecular complexity index is 501. The zero-order valence-electron chi connectivity index (χ0n) is 12.2. The monoisotopic (exact) mass is 284 g/mol. The van der Waals surface area contributed by atoms with E-state index in [1.807, 2.05) is 31.2 Å². The van der Waals surface area contributed by atoms with Crippen LogP contribution in [0.15, 0.2) is 24.3 Å². The highest BCUT2D eigenvalue weighted by atomic mass is 32.2. The van der Waals surface area contributed by atoms with Crippen molar-refractivity contribution < 1.29 is 8.42 Å². The van der Waals surface area contributed by atoms with Crippen LogP contribution in [-0.4, -0.2) is 19.7 Å². The van der Waals surface area contributed by atoms with Crippen LogP contribution in [0.1, 0.15) is 39.7 Å². The average molecular weight is 284 g/mol. The molecule has 0 aliphatic carbocycles. The fraction of sp³-hybridized carbons (Fsp3) is 0.571. The second-order valence-corrected chi connectivity index (χ2v) is 8.18. The van der Waals surface area contributed by atoms with Gasteiger partial charge in [0.25, 0.3) is 0 Å². The lowest BCUT2D eigenvalue weighted by atomic mass is 10.2. The number of rotatable bonds is 5. The van der Waals surface area contributed by atoms with Gasteiger partial charge in [0.2, 0.25) is 10.0 Å². The zero-order chi connectivity index (χ0) is 14.7. The van der Waals surface area contributed by atoms with E-state index in [0.717, 1.165) is 12.0 Å². The standard InChI is InChI=1S/C14H24N2O2S/c1-5-10-16(19(17,18)14(2,3)4)13-8-6-12(11-15)7-9-13/h6-9H,5,10-11,15H2,1-4H3. The van der Waals surface area contributed by atoms with Gasteiger partial charge in [0.15, 0.2) is 0 Å². The lowest BCUT2D eigenvalue weighted by molar-refractivity contribution is 0.554. The molecular formula is C14H24N2O2S. The Morgan fingerprint density at radius 1 is 1.16 bits per heavy atom. The summed E-state index contributed by atoms with van der Waals surface area (Å²) in [5.74, 6) is 0. The third kappa shape index (κ3) is 3.48. The fourth-order valence-electron chi connectivity index (χ4n) is 1.72. The van der Waals surface area contributed by atoms with Gasteiger partial charge in [-0.1, -0.05) is 19.1 Å². The summed E-state index contributed by atoms with van der Waals surface area (Å²) in [6.45, 7) is 8.08. The van der Waals surface area contributed by atoms with Crippen LogP contribution in [0, 0.1) is 0 Å². The lowest BCUT2D eigenvalue weighted by Crippen LogP contribution is -2.43. The molecule has 0 spiro atoms. The van der Waals surface area contributed by atoms with Gasteiger partial charge in [-0.2, -0.15) is 0 Å². The topological polar surface area (TPSA) is 63.4 Å². The molecule has 0 aliphatic heterocycles. The summed E-state index contributed by atoms with van der Waals surface area (Å²) < 4.78 is 25.9. The molecule has 0 radical (unpaired) electrons. The van der Waals surface area contributed by atoms with E-state index < -0.39 is 14.8 Å². The van der Waals surface area contributed by atoms with Gasteiger partial charge in [-0.25, -0.2) is 8.42 Å². The van der Waals surface area contributed by atoms with Gasteiger partial charge < -0.3 is 5.73 Å². The van der Waals surface area contributed by atoms with E-state index in [9.17, 15) is 8.42 Å². The summed E-state index contributed by atoms with van der Waals surface area (Å²) in [5, 5.41) is 0. The number of nitrogens with two attached hydrogens (primary N) is 1. The average Bonchev–Trinajstić information content (AvgIpc) is 2.34. The molecule has 1 aromatic carbocycles. The molecule has 5 heteroatoms. The van der Waals surface area contributed by atoms with E-state index in [4.69, 9.17) is 5.73 Å². The first-order valence-electron chi connectivity index (χ1n) is 6.55. The van der Waals surface area contributed by atoms with E-state index in [-0.39, 0.29) is 0 Å². The second-order valence-electron chi connectivity index (χ2n) is 5.56. The van der Waals surface area contributed by atoms with Crippen molar-refractivity contribution in [1.29, 1.82) is 0 Å². The first-order chi connectivity index (χ1) is 8.74. The minimum atomic E-state index is -3.37. The van der Waals surface area contributed by atoms with Crippen LogP contribution in [-0.2, 0) is 16.6 Å². The highest BCUT2D eigenvalue weighted by Gasteiger charge is 2.35. The van der Waals surface area contributed by atoms with Crippen LogP contribution >= 0.6 is 0 Å². The van der Waals surface area contributed by atoms with Gasteiger partial charge in [-0.15, -0.1) is 0 Å². The molecule has 0 heterocycles. The Kier molecular flexibility index (Phi) is 4.98. The molecule has 19 heavy (non-hydrogen) atoms. The van der Waals surface area contributed by atoms with Gasteiger partial charge in [0.1, 0.15) is 0 Å². The van der Waals surface area contributed by atoms with E-state index in [1.165, 1.54) is 4.31 Å². The van der Waals surface area contributed by atoms with Crippen LogP contribution in [0.3, 0.4) is 0 Å². The normalized spacial score (nSPS) is 12.5. The maximum atomic E-state index is 12.6. The second kappa shape index (κ2) is 5.92. The van der Waals surface area contributed by atoms with Gasteiger partial charge in [0.05, 0.1) is 10.4 Å². The smallest absolute Gasteiger partial charge is 0.240 e. The van der Waals surface area contributed by atoms with Crippen LogP contribution in [0.2, 0.25) is 0 Å². The van der Waals surface area contributed by atoms with Gasteiger partial charge >= 0.3 is 0 Å². The molecule has 4 nitrogen and oxygen atoms in total. The van der Waals surface area contributed by atoms with Crippen LogP contribution in [0.25, 0.3) is 0 Å². The molecule has 1 rings (SSSR count). The van der Waals surface area contributed by atoms with Crippen LogP contribution < -0.4 is 10.0 Å². The number of nitrogens with zero attached hydrogens (tertiary/aromatic N) is 1. The minimum absolute atomic E-state index is 0.458. The molecule has 0 saturated heterocycles. The first kappa shape index (κ1) is 16.0. The van der Waals surface area contributed by atoms with Gasteiger partial charge in [0, 0.05) is 13.1 Å². The number of hydrogen-bond acceptors (Lipinski definition) is 3. The minimum Gasteiger partial charge on any atom is -0.326 e. The molecule has 0 amide bonds. The lowest BCUT2D eigenvalue weighted by Gasteiger charge is -2.31. The summed E-state index contributed by atoms with van der Waals surface area (Å²) in [6, 6.07) is 7.38. The fourth-order valence-corrected chi connectivity index (χ4v) is 3.20. The highest BCUT2D eigenvalue weighted by molar-refractivity contribution is 7.94. The zero-order valence-corrected chi connectivity index (χ0v) is 13.0. The molecule has 0 unspecified atom stereocenters. The van der Waals surface area contributed by atoms with Crippen molar-refractivity contribution in [3.8, 4) is 0 Å². The van der Waals surface area contributed by atoms with E-state index in [0.29, 0.717) is 18.8 Å². The molecule has 0 aromatic heterocycles. The Morgan fingerprint density at radius 2 is 1.68 bits per heavy atom. The highest BCUT2D eigenvalue weighted by Crippen LogP contribution is 2.27. The number of anilines is 1. The molecule has 0 atom stereocenters. The largest absolute Gasteiger partial charge is 0.326 e. The molecule has 108 valence electrons. The first-order valence-corrected chi connectivity index (χ1v) is 7.99. The number of benzene rings is 1. The quantitative estimate of drug-likeness (QED) is 0.903. The molecule has 0 aliphatic rings. The van der Waals surface area contributed by atoms with Crippen molar-refractivity contribution in [1.82, 2.24) is 0 Å². The predicted molar refractivity (Wildman–Crippen MR) is 80.6 cm³/mol. The SMILES string of the molecule is CCCN(c1ccc(CN)cc1)S(=O)(=O)C(C)(C)C. The van der Waals surface area contributed by atoms with E-state index in [2.05, 4.69) is 0 Å². The molecule has 0 saturated carbocycles. The van der Waals surface area contributed by atoms with Gasteiger partial charge in [-0.05, 0) is 44.9 Å². The summed E-state index contributed by atoms with van der Waals surface area (Å²) >= 11 is 0. The van der Waals surface area contributed by atoms with Crippen molar-refractivity contribution in [2.75, 3.05) is 10.8 Å².